The second kappa shape index (κ2) is 6.03. The van der Waals surface area contributed by atoms with Gasteiger partial charge in [0.25, 0.3) is 5.69 Å². The van der Waals surface area contributed by atoms with Crippen molar-refractivity contribution in [2.24, 2.45) is 0 Å². The van der Waals surface area contributed by atoms with Crippen LogP contribution in [0.15, 0.2) is 60.7 Å². The molecule has 0 unspecified atom stereocenters. The van der Waals surface area contributed by atoms with E-state index in [1.165, 1.54) is 47.1 Å². The maximum Gasteiger partial charge on any atom is 0.271 e. The Morgan fingerprint density at radius 2 is 1.67 bits per heavy atom. The summed E-state index contributed by atoms with van der Waals surface area (Å²) in [5.41, 5.74) is 1.65. The summed E-state index contributed by atoms with van der Waals surface area (Å²) in [5.74, 6) is -0.236. The van der Waals surface area contributed by atoms with Crippen LogP contribution in [0.1, 0.15) is 0 Å². The summed E-state index contributed by atoms with van der Waals surface area (Å²) in [6.07, 6.45) is 0. The number of nitrogens with zero attached hydrogens (tertiary/aromatic N) is 3. The van der Waals surface area contributed by atoms with E-state index in [0.717, 1.165) is 0 Å². The first kappa shape index (κ1) is 16.4. The fourth-order valence-corrected chi connectivity index (χ4v) is 2.96. The molecule has 0 aliphatic heterocycles. The molecule has 0 aliphatic rings. The van der Waals surface area contributed by atoms with Crippen LogP contribution in [-0.4, -0.2) is 30.0 Å². The second-order valence-electron chi connectivity index (χ2n) is 5.94. The highest BCUT2D eigenvalue weighted by molar-refractivity contribution is 5.96. The van der Waals surface area contributed by atoms with Crippen LogP contribution >= 0.6 is 0 Å². The number of hydrogen-bond acceptors (Lipinski definition) is 6. The molecular weight excluding hydrogens is 350 g/mol. The van der Waals surface area contributed by atoms with Gasteiger partial charge in [-0.3, -0.25) is 10.1 Å². The number of benzene rings is 3. The van der Waals surface area contributed by atoms with E-state index in [2.05, 4.69) is 5.10 Å². The van der Waals surface area contributed by atoms with E-state index in [1.807, 2.05) is 0 Å². The molecule has 3 N–H and O–H groups in total. The minimum atomic E-state index is -0.501. The summed E-state index contributed by atoms with van der Waals surface area (Å²) in [4.78, 5) is 10.6. The van der Waals surface area contributed by atoms with E-state index < -0.39 is 4.92 Å². The Hall–Kier alpha value is -4.07. The standard InChI is InChI=1S/C19H13N3O5/c23-13-4-6-15-17(9-13)21(11-2-1-3-12(8-11)22(26)27)20-19(15)16-7-5-14(24)10-18(16)25/h1-10,23-25H. The largest absolute Gasteiger partial charge is 0.508 e. The minimum absolute atomic E-state index is 0.00978. The molecule has 1 heterocycles. The molecule has 0 bridgehead atoms. The number of aromatic nitrogens is 2. The van der Waals surface area contributed by atoms with E-state index in [0.29, 0.717) is 27.8 Å². The molecule has 27 heavy (non-hydrogen) atoms. The van der Waals surface area contributed by atoms with Crippen molar-refractivity contribution in [2.75, 3.05) is 0 Å². The molecular formula is C19H13N3O5. The van der Waals surface area contributed by atoms with Gasteiger partial charge in [-0.1, -0.05) is 6.07 Å². The molecule has 0 atom stereocenters. The van der Waals surface area contributed by atoms with Crippen LogP contribution in [0.2, 0.25) is 0 Å². The Bertz CT molecular complexity index is 1200. The van der Waals surface area contributed by atoms with Crippen molar-refractivity contribution in [1.29, 1.82) is 0 Å². The van der Waals surface area contributed by atoms with Crippen molar-refractivity contribution in [2.45, 2.75) is 0 Å². The number of phenols is 3. The van der Waals surface area contributed by atoms with Crippen LogP contribution in [0.5, 0.6) is 17.2 Å². The van der Waals surface area contributed by atoms with E-state index in [4.69, 9.17) is 0 Å². The Morgan fingerprint density at radius 3 is 2.41 bits per heavy atom. The van der Waals surface area contributed by atoms with Crippen molar-refractivity contribution in [3.8, 4) is 34.2 Å². The smallest absolute Gasteiger partial charge is 0.271 e. The van der Waals surface area contributed by atoms with Gasteiger partial charge in [0.1, 0.15) is 22.9 Å². The van der Waals surface area contributed by atoms with Gasteiger partial charge >= 0.3 is 0 Å². The molecule has 8 heteroatoms. The summed E-state index contributed by atoms with van der Waals surface area (Å²) in [5, 5.41) is 45.8. The molecule has 0 saturated carbocycles. The SMILES string of the molecule is O=[N+]([O-])c1cccc(-n2nc(-c3ccc(O)cc3O)c3ccc(O)cc32)c1. The van der Waals surface area contributed by atoms with Crippen LogP contribution in [0, 0.1) is 10.1 Å². The summed E-state index contributed by atoms with van der Waals surface area (Å²) in [7, 11) is 0. The number of hydrogen-bond donors (Lipinski definition) is 3. The average molecular weight is 363 g/mol. The van der Waals surface area contributed by atoms with Gasteiger partial charge in [0.15, 0.2) is 0 Å². The van der Waals surface area contributed by atoms with Gasteiger partial charge in [-0.05, 0) is 30.3 Å². The number of nitro groups is 1. The Morgan fingerprint density at radius 1 is 0.926 bits per heavy atom. The Kier molecular flexibility index (Phi) is 3.66. The van der Waals surface area contributed by atoms with Crippen molar-refractivity contribution in [3.05, 3.63) is 70.8 Å². The van der Waals surface area contributed by atoms with Crippen molar-refractivity contribution in [1.82, 2.24) is 9.78 Å². The molecule has 1 aromatic heterocycles. The second-order valence-corrected chi connectivity index (χ2v) is 5.94. The fourth-order valence-electron chi connectivity index (χ4n) is 2.96. The molecule has 8 nitrogen and oxygen atoms in total. The van der Waals surface area contributed by atoms with Crippen LogP contribution in [0.4, 0.5) is 5.69 Å². The van der Waals surface area contributed by atoms with Gasteiger partial charge in [-0.2, -0.15) is 5.10 Å². The van der Waals surface area contributed by atoms with Gasteiger partial charge < -0.3 is 15.3 Å². The summed E-state index contributed by atoms with van der Waals surface area (Å²) < 4.78 is 1.46. The third kappa shape index (κ3) is 2.78. The van der Waals surface area contributed by atoms with E-state index >= 15 is 0 Å². The zero-order chi connectivity index (χ0) is 19.1. The molecule has 134 valence electrons. The molecule has 0 fully saturated rings. The van der Waals surface area contributed by atoms with Gasteiger partial charge in [-0.25, -0.2) is 4.68 Å². The van der Waals surface area contributed by atoms with Crippen LogP contribution < -0.4 is 0 Å². The number of non-ortho nitro benzene ring substituents is 1. The number of rotatable bonds is 3. The third-order valence-corrected chi connectivity index (χ3v) is 4.19. The first-order valence-corrected chi connectivity index (χ1v) is 7.93. The fraction of sp³-hybridized carbons (Fsp3) is 0. The lowest BCUT2D eigenvalue weighted by atomic mass is 10.1. The quantitative estimate of drug-likeness (QED) is 0.377. The topological polar surface area (TPSA) is 122 Å². The summed E-state index contributed by atoms with van der Waals surface area (Å²) >= 11 is 0. The lowest BCUT2D eigenvalue weighted by Gasteiger charge is -2.04. The number of phenolic OH excluding ortho intramolecular Hbond substituents is 3. The zero-order valence-electron chi connectivity index (χ0n) is 13.8. The molecule has 0 spiro atoms. The lowest BCUT2D eigenvalue weighted by Crippen LogP contribution is -1.98. The van der Waals surface area contributed by atoms with Crippen molar-refractivity contribution in [3.63, 3.8) is 0 Å². The Balaban J connectivity index is 2.01. The zero-order valence-corrected chi connectivity index (χ0v) is 13.8. The van der Waals surface area contributed by atoms with Crippen molar-refractivity contribution >= 4 is 16.6 Å². The monoisotopic (exact) mass is 363 g/mol. The first-order valence-electron chi connectivity index (χ1n) is 7.93. The van der Waals surface area contributed by atoms with Crippen LogP contribution in [0.25, 0.3) is 27.8 Å². The maximum absolute atomic E-state index is 11.1. The maximum atomic E-state index is 11.1. The summed E-state index contributed by atoms with van der Waals surface area (Å²) in [6, 6.07) is 14.7. The van der Waals surface area contributed by atoms with E-state index in [9.17, 15) is 25.4 Å². The molecule has 0 aliphatic carbocycles. The predicted molar refractivity (Wildman–Crippen MR) is 98.2 cm³/mol. The van der Waals surface area contributed by atoms with E-state index in [-0.39, 0.29) is 22.9 Å². The van der Waals surface area contributed by atoms with Gasteiger partial charge in [0.2, 0.25) is 0 Å². The molecule has 0 amide bonds. The highest BCUT2D eigenvalue weighted by Crippen LogP contribution is 2.37. The average Bonchev–Trinajstić information content (AvgIpc) is 3.00. The van der Waals surface area contributed by atoms with Gasteiger partial charge in [-0.15, -0.1) is 0 Å². The van der Waals surface area contributed by atoms with Crippen LogP contribution in [0.3, 0.4) is 0 Å². The number of fused-ring (bicyclic) bond motifs is 1. The van der Waals surface area contributed by atoms with Gasteiger partial charge in [0.05, 0.1) is 16.1 Å². The van der Waals surface area contributed by atoms with Crippen LogP contribution in [-0.2, 0) is 0 Å². The lowest BCUT2D eigenvalue weighted by molar-refractivity contribution is -0.384. The molecule has 4 rings (SSSR count). The molecule has 0 saturated heterocycles. The Labute approximate surface area is 152 Å². The first-order chi connectivity index (χ1) is 12.9. The van der Waals surface area contributed by atoms with Crippen molar-refractivity contribution < 1.29 is 20.2 Å². The van der Waals surface area contributed by atoms with E-state index in [1.54, 1.807) is 18.2 Å². The number of nitro benzene ring substituents is 1. The highest BCUT2D eigenvalue weighted by Gasteiger charge is 2.18. The number of aromatic hydroxyl groups is 3. The summed E-state index contributed by atoms with van der Waals surface area (Å²) in [6.45, 7) is 0. The molecule has 4 aromatic rings. The predicted octanol–water partition coefficient (Wildman–Crippen LogP) is 3.72. The molecule has 0 radical (unpaired) electrons. The third-order valence-electron chi connectivity index (χ3n) is 4.19. The van der Waals surface area contributed by atoms with Gasteiger partial charge in [0, 0.05) is 35.2 Å². The molecule has 3 aromatic carbocycles. The highest BCUT2D eigenvalue weighted by atomic mass is 16.6. The minimum Gasteiger partial charge on any atom is -0.508 e. The normalized spacial score (nSPS) is 11.0.